The first kappa shape index (κ1) is 20.9. The van der Waals surface area contributed by atoms with E-state index in [-0.39, 0.29) is 30.1 Å². The molecular formula is C20H27N3O3S. The lowest BCUT2D eigenvalue weighted by Crippen LogP contribution is -2.41. The second-order valence-corrected chi connectivity index (χ2v) is 8.13. The topological polar surface area (TPSA) is 87.3 Å². The van der Waals surface area contributed by atoms with Crippen molar-refractivity contribution in [1.29, 1.82) is 0 Å². The largest absolute Gasteiger partial charge is 0.337 e. The number of benzene rings is 2. The van der Waals surface area contributed by atoms with Crippen LogP contribution in [0.5, 0.6) is 0 Å². The van der Waals surface area contributed by atoms with Gasteiger partial charge in [-0.05, 0) is 31.0 Å². The van der Waals surface area contributed by atoms with E-state index in [2.05, 4.69) is 22.3 Å². The number of nitrogens with one attached hydrogen (secondary N) is 3. The van der Waals surface area contributed by atoms with Crippen molar-refractivity contribution in [2.45, 2.75) is 37.6 Å². The Balaban J connectivity index is 1.80. The fourth-order valence-electron chi connectivity index (χ4n) is 2.67. The van der Waals surface area contributed by atoms with Gasteiger partial charge in [0.1, 0.15) is 0 Å². The van der Waals surface area contributed by atoms with E-state index in [1.54, 1.807) is 24.3 Å². The molecule has 0 saturated carbocycles. The predicted molar refractivity (Wildman–Crippen MR) is 107 cm³/mol. The van der Waals surface area contributed by atoms with Gasteiger partial charge in [0.15, 0.2) is 0 Å². The molecule has 3 N–H and O–H groups in total. The monoisotopic (exact) mass is 389 g/mol. The Hall–Kier alpha value is -2.38. The van der Waals surface area contributed by atoms with E-state index in [1.807, 2.05) is 37.3 Å². The second-order valence-electron chi connectivity index (χ2n) is 6.36. The van der Waals surface area contributed by atoms with Crippen molar-refractivity contribution >= 4 is 16.1 Å². The molecule has 2 aromatic rings. The maximum atomic E-state index is 12.2. The number of aryl methyl sites for hydroxylation is 1. The highest BCUT2D eigenvalue weighted by molar-refractivity contribution is 7.89. The van der Waals surface area contributed by atoms with Crippen LogP contribution in [-0.2, 0) is 10.0 Å². The van der Waals surface area contributed by atoms with Crippen LogP contribution in [0.1, 0.15) is 36.9 Å². The number of hydrogen-bond acceptors (Lipinski definition) is 3. The summed E-state index contributed by atoms with van der Waals surface area (Å²) in [7, 11) is -3.57. The van der Waals surface area contributed by atoms with Gasteiger partial charge in [-0.1, -0.05) is 61.4 Å². The van der Waals surface area contributed by atoms with Gasteiger partial charge < -0.3 is 10.6 Å². The summed E-state index contributed by atoms with van der Waals surface area (Å²) in [5.41, 5.74) is 2.04. The van der Waals surface area contributed by atoms with Crippen LogP contribution in [0.25, 0.3) is 0 Å². The molecule has 2 amide bonds. The molecule has 0 fully saturated rings. The molecule has 2 rings (SSSR count). The van der Waals surface area contributed by atoms with Crippen LogP contribution in [0.4, 0.5) is 4.79 Å². The quantitative estimate of drug-likeness (QED) is 0.576. The minimum Gasteiger partial charge on any atom is -0.337 e. The van der Waals surface area contributed by atoms with Crippen molar-refractivity contribution in [3.63, 3.8) is 0 Å². The van der Waals surface area contributed by atoms with Crippen LogP contribution in [0.15, 0.2) is 59.5 Å². The van der Waals surface area contributed by atoms with Crippen LogP contribution >= 0.6 is 0 Å². The Morgan fingerprint density at radius 2 is 1.67 bits per heavy atom. The lowest BCUT2D eigenvalue weighted by Gasteiger charge is -2.19. The zero-order valence-corrected chi connectivity index (χ0v) is 16.6. The van der Waals surface area contributed by atoms with Crippen LogP contribution in [0.3, 0.4) is 0 Å². The van der Waals surface area contributed by atoms with E-state index >= 15 is 0 Å². The maximum absolute atomic E-state index is 12.2. The zero-order valence-electron chi connectivity index (χ0n) is 15.7. The summed E-state index contributed by atoms with van der Waals surface area (Å²) >= 11 is 0. The molecule has 146 valence electrons. The first-order valence-electron chi connectivity index (χ1n) is 9.08. The van der Waals surface area contributed by atoms with Gasteiger partial charge >= 0.3 is 6.03 Å². The lowest BCUT2D eigenvalue weighted by atomic mass is 10.0. The zero-order chi connectivity index (χ0) is 19.7. The molecular weight excluding hydrogens is 362 g/mol. The van der Waals surface area contributed by atoms with E-state index in [1.165, 1.54) is 0 Å². The predicted octanol–water partition coefficient (Wildman–Crippen LogP) is 3.11. The SMILES string of the molecule is CCC[C@H](NC(=O)NCCNS(=O)(=O)c1ccc(C)cc1)c1ccccc1. The van der Waals surface area contributed by atoms with Crippen LogP contribution in [0.2, 0.25) is 0 Å². The molecule has 2 aromatic carbocycles. The second kappa shape index (κ2) is 10.1. The van der Waals surface area contributed by atoms with E-state index < -0.39 is 10.0 Å². The molecule has 0 aromatic heterocycles. The molecule has 27 heavy (non-hydrogen) atoms. The van der Waals surface area contributed by atoms with Gasteiger partial charge in [-0.25, -0.2) is 17.9 Å². The standard InChI is InChI=1S/C20H27N3O3S/c1-3-7-19(17-8-5-4-6-9-17)23-20(24)21-14-15-22-27(25,26)18-12-10-16(2)11-13-18/h4-6,8-13,19,22H,3,7,14-15H2,1-2H3,(H2,21,23,24)/t19-/m0/s1. The van der Waals surface area contributed by atoms with Gasteiger partial charge in [-0.15, -0.1) is 0 Å². The third-order valence-corrected chi connectivity index (χ3v) is 5.60. The fourth-order valence-corrected chi connectivity index (χ4v) is 3.70. The molecule has 0 aliphatic heterocycles. The Labute approximate surface area is 161 Å². The summed E-state index contributed by atoms with van der Waals surface area (Å²) in [5, 5.41) is 5.64. The maximum Gasteiger partial charge on any atom is 0.315 e. The van der Waals surface area contributed by atoms with Crippen molar-refractivity contribution in [3.05, 3.63) is 65.7 Å². The van der Waals surface area contributed by atoms with Crippen molar-refractivity contribution in [2.75, 3.05) is 13.1 Å². The van der Waals surface area contributed by atoms with Crippen LogP contribution in [-0.4, -0.2) is 27.5 Å². The first-order valence-corrected chi connectivity index (χ1v) is 10.6. The molecule has 0 saturated heterocycles. The number of amides is 2. The lowest BCUT2D eigenvalue weighted by molar-refractivity contribution is 0.236. The van der Waals surface area contributed by atoms with Gasteiger partial charge in [-0.2, -0.15) is 0 Å². The number of carbonyl (C=O) groups is 1. The van der Waals surface area contributed by atoms with Gasteiger partial charge in [0.25, 0.3) is 0 Å². The van der Waals surface area contributed by atoms with Gasteiger partial charge in [0.05, 0.1) is 10.9 Å². The fraction of sp³-hybridized carbons (Fsp3) is 0.350. The molecule has 0 spiro atoms. The third-order valence-electron chi connectivity index (χ3n) is 4.12. The van der Waals surface area contributed by atoms with E-state index in [0.29, 0.717) is 0 Å². The summed E-state index contributed by atoms with van der Waals surface area (Å²) in [6.45, 7) is 4.28. The van der Waals surface area contributed by atoms with Crippen molar-refractivity contribution in [1.82, 2.24) is 15.4 Å². The Bertz CT molecular complexity index is 821. The molecule has 0 aliphatic rings. The highest BCUT2D eigenvalue weighted by Crippen LogP contribution is 2.17. The smallest absolute Gasteiger partial charge is 0.315 e. The van der Waals surface area contributed by atoms with Gasteiger partial charge in [-0.3, -0.25) is 0 Å². The summed E-state index contributed by atoms with van der Waals surface area (Å²) in [6, 6.07) is 16.0. The van der Waals surface area contributed by atoms with E-state index in [0.717, 1.165) is 24.0 Å². The first-order chi connectivity index (χ1) is 12.9. The van der Waals surface area contributed by atoms with Crippen LogP contribution < -0.4 is 15.4 Å². The number of urea groups is 1. The number of sulfonamides is 1. The molecule has 1 atom stereocenters. The number of hydrogen-bond donors (Lipinski definition) is 3. The number of rotatable bonds is 9. The Morgan fingerprint density at radius 1 is 1.00 bits per heavy atom. The average Bonchev–Trinajstić information content (AvgIpc) is 2.66. The average molecular weight is 390 g/mol. The summed E-state index contributed by atoms with van der Waals surface area (Å²) in [6.07, 6.45) is 1.77. The van der Waals surface area contributed by atoms with Gasteiger partial charge in [0.2, 0.25) is 10.0 Å². The molecule has 0 heterocycles. The molecule has 0 unspecified atom stereocenters. The van der Waals surface area contributed by atoms with Gasteiger partial charge in [0, 0.05) is 13.1 Å². The van der Waals surface area contributed by atoms with Crippen molar-refractivity contribution < 1.29 is 13.2 Å². The Morgan fingerprint density at radius 3 is 2.30 bits per heavy atom. The molecule has 7 heteroatoms. The normalized spacial score (nSPS) is 12.4. The minimum atomic E-state index is -3.57. The van der Waals surface area contributed by atoms with Crippen molar-refractivity contribution in [2.24, 2.45) is 0 Å². The van der Waals surface area contributed by atoms with Crippen LogP contribution in [0, 0.1) is 6.92 Å². The molecule has 6 nitrogen and oxygen atoms in total. The molecule has 0 radical (unpaired) electrons. The van der Waals surface area contributed by atoms with Crippen molar-refractivity contribution in [3.8, 4) is 0 Å². The molecule has 0 bridgehead atoms. The van der Waals surface area contributed by atoms with E-state index in [9.17, 15) is 13.2 Å². The summed E-state index contributed by atoms with van der Waals surface area (Å²) < 4.78 is 26.9. The molecule has 0 aliphatic carbocycles. The number of carbonyl (C=O) groups excluding carboxylic acids is 1. The minimum absolute atomic E-state index is 0.0690. The summed E-state index contributed by atoms with van der Waals surface area (Å²) in [4.78, 5) is 12.3. The highest BCUT2D eigenvalue weighted by Gasteiger charge is 2.15. The van der Waals surface area contributed by atoms with E-state index in [4.69, 9.17) is 0 Å². The Kier molecular flexibility index (Phi) is 7.82. The summed E-state index contributed by atoms with van der Waals surface area (Å²) in [5.74, 6) is 0. The highest BCUT2D eigenvalue weighted by atomic mass is 32.2. The third kappa shape index (κ3) is 6.69.